The molecule has 1 aliphatic rings. The fourth-order valence-corrected chi connectivity index (χ4v) is 2.37. The first-order chi connectivity index (χ1) is 12.0. The van der Waals surface area contributed by atoms with Crippen molar-refractivity contribution in [2.75, 3.05) is 0 Å². The van der Waals surface area contributed by atoms with E-state index in [1.54, 1.807) is 17.9 Å². The molecule has 0 spiro atoms. The summed E-state index contributed by atoms with van der Waals surface area (Å²) in [6.45, 7) is 2.95. The molecule has 0 saturated heterocycles. The molecule has 1 unspecified atom stereocenters. The molecular weight excluding hydrogens is 355 g/mol. The van der Waals surface area contributed by atoms with E-state index >= 15 is 0 Å². The van der Waals surface area contributed by atoms with Crippen molar-refractivity contribution < 1.29 is 32.6 Å². The minimum atomic E-state index is -4.81. The highest BCUT2D eigenvalue weighted by Crippen LogP contribution is 2.25. The normalized spacial score (nSPS) is 17.3. The Bertz CT molecular complexity index is 774. The molecule has 1 aliphatic heterocycles. The minimum Gasteiger partial charge on any atom is -0.477 e. The summed E-state index contributed by atoms with van der Waals surface area (Å²) < 4.78 is 41.0. The van der Waals surface area contributed by atoms with Crippen LogP contribution >= 0.6 is 0 Å². The lowest BCUT2D eigenvalue weighted by atomic mass is 10.1. The number of aliphatic carboxylic acids is 1. The Morgan fingerprint density at radius 3 is 2.65 bits per heavy atom. The molecule has 2 rings (SSSR count). The summed E-state index contributed by atoms with van der Waals surface area (Å²) in [4.78, 5) is 28.0. The summed E-state index contributed by atoms with van der Waals surface area (Å²) in [5.74, 6) is -2.06. The number of carbonyl (C=O) groups excluding carboxylic acids is 1. The Morgan fingerprint density at radius 2 is 2.08 bits per heavy atom. The quantitative estimate of drug-likeness (QED) is 0.828. The molecule has 0 saturated carbocycles. The zero-order valence-corrected chi connectivity index (χ0v) is 13.9. The molecule has 0 fully saturated rings. The van der Waals surface area contributed by atoms with Crippen molar-refractivity contribution in [1.82, 2.24) is 10.2 Å². The van der Waals surface area contributed by atoms with E-state index in [0.717, 1.165) is 0 Å². The Labute approximate surface area is 146 Å². The first-order valence-corrected chi connectivity index (χ1v) is 7.43. The van der Waals surface area contributed by atoms with Crippen molar-refractivity contribution >= 4 is 17.6 Å². The number of amides is 1. The van der Waals surface area contributed by atoms with Crippen molar-refractivity contribution in [3.05, 3.63) is 41.6 Å². The highest BCUT2D eigenvalue weighted by Gasteiger charge is 2.31. The van der Waals surface area contributed by atoms with E-state index in [9.17, 15) is 22.8 Å². The van der Waals surface area contributed by atoms with Crippen LogP contribution in [0.15, 0.2) is 41.0 Å². The van der Waals surface area contributed by atoms with E-state index in [1.807, 2.05) is 0 Å². The molecule has 7 nitrogen and oxygen atoms in total. The third kappa shape index (κ3) is 5.23. The highest BCUT2D eigenvalue weighted by atomic mass is 19.4. The number of nitrogens with zero attached hydrogens (tertiary/aromatic N) is 2. The molecule has 1 amide bonds. The lowest BCUT2D eigenvalue weighted by Gasteiger charge is -2.34. The molecule has 1 heterocycles. The summed E-state index contributed by atoms with van der Waals surface area (Å²) in [6.07, 6.45) is -4.48. The molecule has 10 heteroatoms. The number of hydrogen-bond donors (Lipinski definition) is 2. The predicted molar refractivity (Wildman–Crippen MR) is 85.1 cm³/mol. The highest BCUT2D eigenvalue weighted by molar-refractivity contribution is 6.40. The van der Waals surface area contributed by atoms with Crippen LogP contribution in [-0.4, -0.2) is 40.2 Å². The van der Waals surface area contributed by atoms with E-state index in [4.69, 9.17) is 5.11 Å². The average molecular weight is 371 g/mol. The second kappa shape index (κ2) is 7.46. The van der Waals surface area contributed by atoms with Crippen molar-refractivity contribution in [3.63, 3.8) is 0 Å². The van der Waals surface area contributed by atoms with Gasteiger partial charge >= 0.3 is 12.3 Å². The third-order valence-corrected chi connectivity index (χ3v) is 3.39. The van der Waals surface area contributed by atoms with Crippen LogP contribution in [0.5, 0.6) is 5.75 Å². The van der Waals surface area contributed by atoms with Gasteiger partial charge in [-0.1, -0.05) is 12.1 Å². The maximum absolute atomic E-state index is 12.4. The first-order valence-electron chi connectivity index (χ1n) is 7.43. The number of alkyl halides is 3. The second-order valence-corrected chi connectivity index (χ2v) is 5.50. The van der Waals surface area contributed by atoms with Gasteiger partial charge in [0.2, 0.25) is 5.91 Å². The zero-order chi connectivity index (χ0) is 19.5. The SMILES string of the molecule is CC(=O)NC1N=C(C(=O)O)C=C(C)N1Cc1cccc(OC(F)(F)F)c1. The summed E-state index contributed by atoms with van der Waals surface area (Å²) in [6, 6.07) is 5.36. The number of nitrogens with one attached hydrogen (secondary N) is 1. The van der Waals surface area contributed by atoms with Crippen LogP contribution in [0.3, 0.4) is 0 Å². The lowest BCUT2D eigenvalue weighted by molar-refractivity contribution is -0.274. The maximum atomic E-state index is 12.4. The van der Waals surface area contributed by atoms with Gasteiger partial charge in [0.15, 0.2) is 6.29 Å². The van der Waals surface area contributed by atoms with Crippen molar-refractivity contribution in [2.24, 2.45) is 4.99 Å². The van der Waals surface area contributed by atoms with E-state index in [2.05, 4.69) is 15.0 Å². The first kappa shape index (κ1) is 19.3. The van der Waals surface area contributed by atoms with Gasteiger partial charge in [0.25, 0.3) is 0 Å². The van der Waals surface area contributed by atoms with E-state index in [0.29, 0.717) is 11.3 Å². The van der Waals surface area contributed by atoms with Gasteiger partial charge in [-0.15, -0.1) is 13.2 Å². The Hall–Kier alpha value is -3.04. The van der Waals surface area contributed by atoms with E-state index in [-0.39, 0.29) is 18.0 Å². The molecule has 0 radical (unpaired) electrons. The van der Waals surface area contributed by atoms with Gasteiger partial charge in [-0.05, 0) is 30.7 Å². The smallest absolute Gasteiger partial charge is 0.477 e. The molecule has 0 aromatic heterocycles. The molecule has 1 atom stereocenters. The van der Waals surface area contributed by atoms with E-state index < -0.39 is 24.5 Å². The Kier molecular flexibility index (Phi) is 5.53. The molecule has 0 aliphatic carbocycles. The van der Waals surface area contributed by atoms with Crippen molar-refractivity contribution in [3.8, 4) is 5.75 Å². The Balaban J connectivity index is 2.26. The topological polar surface area (TPSA) is 91.2 Å². The lowest BCUT2D eigenvalue weighted by Crippen LogP contribution is -2.48. The van der Waals surface area contributed by atoms with Crippen LogP contribution in [-0.2, 0) is 16.1 Å². The largest absolute Gasteiger partial charge is 0.573 e. The molecular formula is C16H16F3N3O4. The molecule has 140 valence electrons. The standard InChI is InChI=1S/C16H16F3N3O4/c1-9-6-13(14(24)25)21-15(20-10(2)23)22(9)8-11-4-3-5-12(7-11)26-16(17,18)19/h3-7,15H,8H2,1-2H3,(H,20,23)(H,24,25). The summed E-state index contributed by atoms with van der Waals surface area (Å²) in [5, 5.41) is 11.6. The number of halogens is 3. The second-order valence-electron chi connectivity index (χ2n) is 5.50. The number of rotatable bonds is 5. The molecule has 26 heavy (non-hydrogen) atoms. The average Bonchev–Trinajstić information content (AvgIpc) is 2.48. The summed E-state index contributed by atoms with van der Waals surface area (Å²) in [7, 11) is 0. The maximum Gasteiger partial charge on any atom is 0.573 e. The van der Waals surface area contributed by atoms with Crippen LogP contribution in [0.4, 0.5) is 13.2 Å². The van der Waals surface area contributed by atoms with Gasteiger partial charge in [-0.2, -0.15) is 0 Å². The number of hydrogen-bond acceptors (Lipinski definition) is 5. The van der Waals surface area contributed by atoms with Gasteiger partial charge in [0.05, 0.1) is 0 Å². The van der Waals surface area contributed by atoms with Gasteiger partial charge in [0.1, 0.15) is 11.5 Å². The van der Waals surface area contributed by atoms with Crippen molar-refractivity contribution in [2.45, 2.75) is 33.0 Å². The number of carboxylic acids is 1. The predicted octanol–water partition coefficient (Wildman–Crippen LogP) is 2.25. The third-order valence-electron chi connectivity index (χ3n) is 3.39. The van der Waals surface area contributed by atoms with E-state index in [1.165, 1.54) is 31.2 Å². The number of allylic oxidation sites excluding steroid dienone is 1. The van der Waals surface area contributed by atoms with Gasteiger partial charge in [0, 0.05) is 19.2 Å². The van der Waals surface area contributed by atoms with Crippen LogP contribution in [0.2, 0.25) is 0 Å². The van der Waals surface area contributed by atoms with Crippen LogP contribution in [0.1, 0.15) is 19.4 Å². The van der Waals surface area contributed by atoms with Crippen molar-refractivity contribution in [1.29, 1.82) is 0 Å². The number of carboxylic acid groups (broad SMARTS) is 1. The van der Waals surface area contributed by atoms with Gasteiger partial charge in [-0.3, -0.25) is 4.79 Å². The molecule has 1 aromatic carbocycles. The number of ether oxygens (including phenoxy) is 1. The number of aliphatic imine (C=N–C) groups is 1. The summed E-state index contributed by atoms with van der Waals surface area (Å²) >= 11 is 0. The van der Waals surface area contributed by atoms with Crippen LogP contribution < -0.4 is 10.1 Å². The number of benzene rings is 1. The van der Waals surface area contributed by atoms with Crippen LogP contribution in [0, 0.1) is 0 Å². The minimum absolute atomic E-state index is 0.0821. The fourth-order valence-electron chi connectivity index (χ4n) is 2.37. The fraction of sp³-hybridized carbons (Fsp3) is 0.312. The van der Waals surface area contributed by atoms with Gasteiger partial charge in [-0.25, -0.2) is 9.79 Å². The van der Waals surface area contributed by atoms with Crippen LogP contribution in [0.25, 0.3) is 0 Å². The molecule has 2 N–H and O–H groups in total. The number of carbonyl (C=O) groups is 2. The molecule has 1 aromatic rings. The van der Waals surface area contributed by atoms with Gasteiger partial charge < -0.3 is 20.1 Å². The zero-order valence-electron chi connectivity index (χ0n) is 13.9. The monoisotopic (exact) mass is 371 g/mol. The molecule has 0 bridgehead atoms. The summed E-state index contributed by atoms with van der Waals surface area (Å²) in [5.41, 5.74) is 0.716. The Morgan fingerprint density at radius 1 is 1.38 bits per heavy atom.